The van der Waals surface area contributed by atoms with Gasteiger partial charge in [-0.3, -0.25) is 0 Å². The monoisotopic (exact) mass is 474 g/mol. The van der Waals surface area contributed by atoms with Crippen molar-refractivity contribution in [2.75, 3.05) is 6.79 Å². The second-order valence-corrected chi connectivity index (χ2v) is 7.97. The summed E-state index contributed by atoms with van der Waals surface area (Å²) >= 11 is 12.9. The quantitative estimate of drug-likeness (QED) is 0.431. The normalized spacial score (nSPS) is 15.0. The van der Waals surface area contributed by atoms with Gasteiger partial charge in [-0.1, -0.05) is 43.5 Å². The summed E-state index contributed by atoms with van der Waals surface area (Å²) in [6, 6.07) is 10.2. The van der Waals surface area contributed by atoms with Crippen LogP contribution in [-0.2, 0) is 4.74 Å². The molecule has 0 fully saturated rings. The molecule has 0 saturated heterocycles. The molecule has 1 heterocycles. The fraction of sp³-hybridized carbons (Fsp3) is 0.235. The molecule has 0 spiro atoms. The zero-order chi connectivity index (χ0) is 17.3. The van der Waals surface area contributed by atoms with Crippen LogP contribution < -0.4 is 9.47 Å². The van der Waals surface area contributed by atoms with E-state index in [1.807, 2.05) is 19.1 Å². The largest absolute Gasteiger partial charge is 0.454 e. The molecule has 3 rings (SSSR count). The smallest absolute Gasteiger partial charge is 0.338 e. The van der Waals surface area contributed by atoms with Crippen molar-refractivity contribution >= 4 is 49.4 Å². The summed E-state index contributed by atoms with van der Waals surface area (Å²) in [5.41, 5.74) is 1.24. The number of benzene rings is 2. The molecule has 0 N–H and O–H groups in total. The number of carbonyl (C=O) groups is 1. The molecule has 7 heteroatoms. The molecule has 126 valence electrons. The number of ether oxygens (including phenoxy) is 3. The number of alkyl halides is 1. The Kier molecular flexibility index (Phi) is 5.37. The molecule has 0 aromatic heterocycles. The SMILES string of the molecule is C[C@H](Br)[C@H](OC(=O)c1ccc(Cl)cc1)c1cc2c(cc1Br)OCO2. The summed E-state index contributed by atoms with van der Waals surface area (Å²) in [5.74, 6) is 0.872. The third-order valence-corrected chi connectivity index (χ3v) is 4.95. The highest BCUT2D eigenvalue weighted by Crippen LogP contribution is 2.41. The third-order valence-electron chi connectivity index (χ3n) is 3.53. The maximum atomic E-state index is 12.4. The Morgan fingerprint density at radius 2 is 1.83 bits per heavy atom. The van der Waals surface area contributed by atoms with Crippen molar-refractivity contribution in [1.29, 1.82) is 0 Å². The van der Waals surface area contributed by atoms with E-state index in [0.29, 0.717) is 22.1 Å². The molecular formula is C17H13Br2ClO4. The molecule has 1 aliphatic rings. The maximum absolute atomic E-state index is 12.4. The van der Waals surface area contributed by atoms with Crippen LogP contribution in [0.1, 0.15) is 28.9 Å². The Labute approximate surface area is 161 Å². The van der Waals surface area contributed by atoms with Gasteiger partial charge in [0.1, 0.15) is 6.10 Å². The van der Waals surface area contributed by atoms with Crippen LogP contribution in [0.2, 0.25) is 5.02 Å². The molecule has 24 heavy (non-hydrogen) atoms. The zero-order valence-corrected chi connectivity index (χ0v) is 16.5. The topological polar surface area (TPSA) is 44.8 Å². The van der Waals surface area contributed by atoms with E-state index in [9.17, 15) is 4.79 Å². The van der Waals surface area contributed by atoms with Gasteiger partial charge in [0.15, 0.2) is 11.5 Å². The van der Waals surface area contributed by atoms with Crippen LogP contribution in [0.4, 0.5) is 0 Å². The Morgan fingerprint density at radius 3 is 2.46 bits per heavy atom. The minimum atomic E-state index is -0.503. The summed E-state index contributed by atoms with van der Waals surface area (Å²) in [7, 11) is 0. The lowest BCUT2D eigenvalue weighted by Crippen LogP contribution is -2.18. The summed E-state index contributed by atoms with van der Waals surface area (Å²) in [6.07, 6.45) is -0.503. The van der Waals surface area contributed by atoms with Crippen molar-refractivity contribution in [3.8, 4) is 11.5 Å². The van der Waals surface area contributed by atoms with Gasteiger partial charge in [0.2, 0.25) is 6.79 Å². The number of fused-ring (bicyclic) bond motifs is 1. The molecule has 2 aromatic carbocycles. The summed E-state index contributed by atoms with van der Waals surface area (Å²) < 4.78 is 17.3. The van der Waals surface area contributed by atoms with Gasteiger partial charge in [-0.25, -0.2) is 4.79 Å². The summed E-state index contributed by atoms with van der Waals surface area (Å²) in [6.45, 7) is 2.10. The lowest BCUT2D eigenvalue weighted by atomic mass is 10.1. The van der Waals surface area contributed by atoms with Crippen molar-refractivity contribution < 1.29 is 19.0 Å². The van der Waals surface area contributed by atoms with Crippen LogP contribution in [0, 0.1) is 0 Å². The zero-order valence-electron chi connectivity index (χ0n) is 12.6. The minimum Gasteiger partial charge on any atom is -0.454 e. The first-order valence-electron chi connectivity index (χ1n) is 7.15. The maximum Gasteiger partial charge on any atom is 0.338 e. The van der Waals surface area contributed by atoms with E-state index < -0.39 is 12.1 Å². The summed E-state index contributed by atoms with van der Waals surface area (Å²) in [4.78, 5) is 12.3. The molecule has 0 amide bonds. The van der Waals surface area contributed by atoms with Crippen molar-refractivity contribution in [3.05, 3.63) is 57.0 Å². The predicted octanol–water partition coefficient (Wildman–Crippen LogP) is 5.51. The third kappa shape index (κ3) is 3.71. The van der Waals surface area contributed by atoms with E-state index in [1.54, 1.807) is 24.3 Å². The second kappa shape index (κ2) is 7.33. The number of hydrogen-bond donors (Lipinski definition) is 0. The van der Waals surface area contributed by atoms with Crippen LogP contribution in [-0.4, -0.2) is 17.6 Å². The van der Waals surface area contributed by atoms with Gasteiger partial charge in [-0.15, -0.1) is 0 Å². The fourth-order valence-electron chi connectivity index (χ4n) is 2.32. The fourth-order valence-corrected chi connectivity index (χ4v) is 3.39. The van der Waals surface area contributed by atoms with Crippen molar-refractivity contribution in [3.63, 3.8) is 0 Å². The molecular weight excluding hydrogens is 463 g/mol. The lowest BCUT2D eigenvalue weighted by Gasteiger charge is -2.22. The Balaban J connectivity index is 1.88. The van der Waals surface area contributed by atoms with Gasteiger partial charge in [-0.05, 0) is 43.3 Å². The lowest BCUT2D eigenvalue weighted by molar-refractivity contribution is 0.0302. The first-order chi connectivity index (χ1) is 11.5. The minimum absolute atomic E-state index is 0.106. The van der Waals surface area contributed by atoms with Gasteiger partial charge in [0, 0.05) is 15.1 Å². The molecule has 1 aliphatic heterocycles. The molecule has 2 aromatic rings. The molecule has 0 saturated carbocycles. The average molecular weight is 477 g/mol. The van der Waals surface area contributed by atoms with E-state index in [2.05, 4.69) is 31.9 Å². The highest BCUT2D eigenvalue weighted by atomic mass is 79.9. The number of esters is 1. The Morgan fingerprint density at radius 1 is 1.21 bits per heavy atom. The first kappa shape index (κ1) is 17.6. The molecule has 0 aliphatic carbocycles. The van der Waals surface area contributed by atoms with Crippen molar-refractivity contribution in [1.82, 2.24) is 0 Å². The van der Waals surface area contributed by atoms with Gasteiger partial charge in [0.05, 0.1) is 10.4 Å². The molecule has 2 atom stereocenters. The first-order valence-corrected chi connectivity index (χ1v) is 9.24. The van der Waals surface area contributed by atoms with Crippen LogP contribution in [0.3, 0.4) is 0 Å². The van der Waals surface area contributed by atoms with Crippen LogP contribution in [0.5, 0.6) is 11.5 Å². The molecule has 4 nitrogen and oxygen atoms in total. The highest BCUT2D eigenvalue weighted by Gasteiger charge is 2.27. The number of carbonyl (C=O) groups excluding carboxylic acids is 1. The van der Waals surface area contributed by atoms with Crippen LogP contribution in [0.25, 0.3) is 0 Å². The van der Waals surface area contributed by atoms with E-state index >= 15 is 0 Å². The standard InChI is InChI=1S/C17H13Br2ClO4/c1-9(18)16(24-17(21)10-2-4-11(20)5-3-10)12-6-14-15(7-13(12)19)23-8-22-14/h2-7,9,16H,8H2,1H3/t9-,16-/m0/s1. The van der Waals surface area contributed by atoms with E-state index in [1.165, 1.54) is 0 Å². The van der Waals surface area contributed by atoms with E-state index in [0.717, 1.165) is 10.0 Å². The van der Waals surface area contributed by atoms with Gasteiger partial charge < -0.3 is 14.2 Å². The van der Waals surface area contributed by atoms with Gasteiger partial charge >= 0.3 is 5.97 Å². The highest BCUT2D eigenvalue weighted by molar-refractivity contribution is 9.10. The second-order valence-electron chi connectivity index (χ2n) is 5.24. The Bertz CT molecular complexity index is 762. The number of halogens is 3. The van der Waals surface area contributed by atoms with E-state index in [4.69, 9.17) is 25.8 Å². The number of hydrogen-bond acceptors (Lipinski definition) is 4. The Hall–Kier alpha value is -1.24. The van der Waals surface area contributed by atoms with Gasteiger partial charge in [0.25, 0.3) is 0 Å². The van der Waals surface area contributed by atoms with Crippen molar-refractivity contribution in [2.45, 2.75) is 17.9 Å². The van der Waals surface area contributed by atoms with Crippen LogP contribution >= 0.6 is 43.5 Å². The van der Waals surface area contributed by atoms with Crippen LogP contribution in [0.15, 0.2) is 40.9 Å². The average Bonchev–Trinajstić information content (AvgIpc) is 2.99. The molecule has 0 radical (unpaired) electrons. The van der Waals surface area contributed by atoms with Gasteiger partial charge in [-0.2, -0.15) is 0 Å². The predicted molar refractivity (Wildman–Crippen MR) is 98.3 cm³/mol. The van der Waals surface area contributed by atoms with E-state index in [-0.39, 0.29) is 11.6 Å². The number of rotatable bonds is 4. The molecule has 0 unspecified atom stereocenters. The summed E-state index contributed by atoms with van der Waals surface area (Å²) in [5, 5.41) is 0.565. The molecule has 0 bridgehead atoms. The van der Waals surface area contributed by atoms with Crippen molar-refractivity contribution in [2.24, 2.45) is 0 Å².